The average Bonchev–Trinajstić information content (AvgIpc) is 2.92. The van der Waals surface area contributed by atoms with Crippen LogP contribution in [0.3, 0.4) is 0 Å². The van der Waals surface area contributed by atoms with E-state index >= 15 is 0 Å². The summed E-state index contributed by atoms with van der Waals surface area (Å²) >= 11 is 1.57. The third kappa shape index (κ3) is 3.75. The normalized spacial score (nSPS) is 26.9. The third-order valence-electron chi connectivity index (χ3n) is 4.08. The molecule has 0 spiro atoms. The predicted octanol–water partition coefficient (Wildman–Crippen LogP) is 3.14. The Hall–Kier alpha value is -1.56. The van der Waals surface area contributed by atoms with E-state index in [9.17, 15) is 14.7 Å². The first-order valence-corrected chi connectivity index (χ1v) is 8.16. The number of carbonyl (C=O) groups is 2. The van der Waals surface area contributed by atoms with Crippen LogP contribution in [-0.4, -0.2) is 22.6 Å². The molecule has 3 atom stereocenters. The molecule has 1 aromatic heterocycles. The van der Waals surface area contributed by atoms with Crippen LogP contribution in [0, 0.1) is 5.92 Å². The molecule has 2 rings (SSSR count). The summed E-state index contributed by atoms with van der Waals surface area (Å²) in [6.07, 6.45) is 2.83. The number of thiophene rings is 1. The van der Waals surface area contributed by atoms with Crippen molar-refractivity contribution in [1.82, 2.24) is 10.6 Å². The number of urea groups is 1. The lowest BCUT2D eigenvalue weighted by Crippen LogP contribution is -2.59. The summed E-state index contributed by atoms with van der Waals surface area (Å²) in [6, 6.07) is 3.34. The van der Waals surface area contributed by atoms with E-state index in [-0.39, 0.29) is 6.04 Å². The van der Waals surface area contributed by atoms with Gasteiger partial charge >= 0.3 is 12.0 Å². The molecule has 1 fully saturated rings. The molecule has 1 aliphatic rings. The molecule has 0 saturated heterocycles. The molecule has 1 aromatic rings. The second kappa shape index (κ2) is 6.47. The lowest BCUT2D eigenvalue weighted by atomic mass is 9.76. The van der Waals surface area contributed by atoms with Crippen LogP contribution >= 0.6 is 11.3 Å². The van der Waals surface area contributed by atoms with Crippen LogP contribution in [0.5, 0.6) is 0 Å². The van der Waals surface area contributed by atoms with Crippen LogP contribution in [0.4, 0.5) is 4.79 Å². The van der Waals surface area contributed by atoms with Crippen molar-refractivity contribution in [1.29, 1.82) is 0 Å². The standard InChI is InChI=1S/C15H22N2O3S/c1-10-5-3-7-15(9-10,13(18)19)17-14(20)16-11(2)12-6-4-8-21-12/h4,6,8,10-11H,3,5,7,9H2,1-2H3,(H,18,19)(H2,16,17,20). The van der Waals surface area contributed by atoms with Gasteiger partial charge < -0.3 is 15.7 Å². The fraction of sp³-hybridized carbons (Fsp3) is 0.600. The van der Waals surface area contributed by atoms with Crippen molar-refractivity contribution in [2.75, 3.05) is 0 Å². The molecule has 1 heterocycles. The van der Waals surface area contributed by atoms with Crippen LogP contribution in [0.25, 0.3) is 0 Å². The molecule has 0 aliphatic heterocycles. The Labute approximate surface area is 128 Å². The van der Waals surface area contributed by atoms with E-state index < -0.39 is 17.5 Å². The maximum atomic E-state index is 12.2. The Morgan fingerprint density at radius 1 is 1.52 bits per heavy atom. The number of amides is 2. The van der Waals surface area contributed by atoms with Crippen molar-refractivity contribution in [3.63, 3.8) is 0 Å². The van der Waals surface area contributed by atoms with Crippen LogP contribution in [-0.2, 0) is 4.79 Å². The largest absolute Gasteiger partial charge is 0.480 e. The van der Waals surface area contributed by atoms with Crippen LogP contribution in [0.15, 0.2) is 17.5 Å². The second-order valence-corrected chi connectivity index (χ2v) is 6.90. The average molecular weight is 310 g/mol. The Morgan fingerprint density at radius 2 is 2.29 bits per heavy atom. The molecule has 5 nitrogen and oxygen atoms in total. The number of rotatable bonds is 4. The topological polar surface area (TPSA) is 78.4 Å². The van der Waals surface area contributed by atoms with E-state index in [1.165, 1.54) is 0 Å². The quantitative estimate of drug-likeness (QED) is 0.799. The minimum atomic E-state index is -1.13. The highest BCUT2D eigenvalue weighted by Gasteiger charge is 2.43. The Morgan fingerprint density at radius 3 is 2.86 bits per heavy atom. The highest BCUT2D eigenvalue weighted by atomic mass is 32.1. The number of aliphatic carboxylic acids is 1. The summed E-state index contributed by atoms with van der Waals surface area (Å²) in [4.78, 5) is 24.8. The van der Waals surface area contributed by atoms with Gasteiger partial charge in [-0.05, 0) is 37.1 Å². The van der Waals surface area contributed by atoms with Gasteiger partial charge in [0, 0.05) is 4.88 Å². The Kier molecular flexibility index (Phi) is 4.88. The summed E-state index contributed by atoms with van der Waals surface area (Å²) in [5, 5.41) is 17.0. The zero-order valence-corrected chi connectivity index (χ0v) is 13.2. The lowest BCUT2D eigenvalue weighted by molar-refractivity contribution is -0.146. The van der Waals surface area contributed by atoms with Crippen molar-refractivity contribution < 1.29 is 14.7 Å². The molecule has 6 heteroatoms. The minimum absolute atomic E-state index is 0.128. The number of carboxylic acids is 1. The zero-order valence-electron chi connectivity index (χ0n) is 12.4. The zero-order chi connectivity index (χ0) is 15.5. The molecule has 3 unspecified atom stereocenters. The maximum absolute atomic E-state index is 12.2. The first kappa shape index (κ1) is 15.8. The molecular formula is C15H22N2O3S. The smallest absolute Gasteiger partial charge is 0.329 e. The molecule has 0 aromatic carbocycles. The van der Waals surface area contributed by atoms with E-state index in [4.69, 9.17) is 0 Å². The molecule has 1 aliphatic carbocycles. The molecule has 2 amide bonds. The number of hydrogen-bond acceptors (Lipinski definition) is 3. The van der Waals surface area contributed by atoms with Gasteiger partial charge in [-0.3, -0.25) is 0 Å². The monoisotopic (exact) mass is 310 g/mol. The van der Waals surface area contributed by atoms with Crippen LogP contribution in [0.2, 0.25) is 0 Å². The number of nitrogens with one attached hydrogen (secondary N) is 2. The van der Waals surface area contributed by atoms with Gasteiger partial charge in [-0.2, -0.15) is 0 Å². The van der Waals surface area contributed by atoms with Crippen molar-refractivity contribution in [2.24, 2.45) is 5.92 Å². The van der Waals surface area contributed by atoms with Crippen molar-refractivity contribution in [3.05, 3.63) is 22.4 Å². The fourth-order valence-corrected chi connectivity index (χ4v) is 3.71. The maximum Gasteiger partial charge on any atom is 0.329 e. The van der Waals surface area contributed by atoms with E-state index in [1.807, 2.05) is 31.4 Å². The summed E-state index contributed by atoms with van der Waals surface area (Å²) < 4.78 is 0. The van der Waals surface area contributed by atoms with Gasteiger partial charge in [-0.25, -0.2) is 9.59 Å². The van der Waals surface area contributed by atoms with Gasteiger partial charge in [0.25, 0.3) is 0 Å². The molecular weight excluding hydrogens is 288 g/mol. The first-order valence-electron chi connectivity index (χ1n) is 7.28. The summed E-state index contributed by atoms with van der Waals surface area (Å²) in [5.74, 6) is -0.627. The van der Waals surface area contributed by atoms with E-state index in [2.05, 4.69) is 10.6 Å². The summed E-state index contributed by atoms with van der Waals surface area (Å²) in [5.41, 5.74) is -1.13. The molecule has 0 radical (unpaired) electrons. The minimum Gasteiger partial charge on any atom is -0.480 e. The Bertz CT molecular complexity index is 503. The highest BCUT2D eigenvalue weighted by molar-refractivity contribution is 7.10. The SMILES string of the molecule is CC1CCCC(NC(=O)NC(C)c2cccs2)(C(=O)O)C1. The highest BCUT2D eigenvalue weighted by Crippen LogP contribution is 2.32. The van der Waals surface area contributed by atoms with Gasteiger partial charge in [0.2, 0.25) is 0 Å². The van der Waals surface area contributed by atoms with Gasteiger partial charge in [0.15, 0.2) is 0 Å². The van der Waals surface area contributed by atoms with Crippen molar-refractivity contribution >= 4 is 23.3 Å². The number of hydrogen-bond donors (Lipinski definition) is 3. The fourth-order valence-electron chi connectivity index (χ4n) is 2.97. The van der Waals surface area contributed by atoms with Gasteiger partial charge in [0.05, 0.1) is 6.04 Å². The summed E-state index contributed by atoms with van der Waals surface area (Å²) in [7, 11) is 0. The van der Waals surface area contributed by atoms with Crippen molar-refractivity contribution in [3.8, 4) is 0 Å². The van der Waals surface area contributed by atoms with Gasteiger partial charge in [0.1, 0.15) is 5.54 Å². The van der Waals surface area contributed by atoms with Crippen molar-refractivity contribution in [2.45, 2.75) is 51.1 Å². The molecule has 0 bridgehead atoms. The summed E-state index contributed by atoms with van der Waals surface area (Å²) in [6.45, 7) is 3.92. The third-order valence-corrected chi connectivity index (χ3v) is 5.13. The lowest BCUT2D eigenvalue weighted by Gasteiger charge is -2.37. The Balaban J connectivity index is 2.00. The number of carbonyl (C=O) groups excluding carboxylic acids is 1. The first-order chi connectivity index (χ1) is 9.93. The van der Waals surface area contributed by atoms with Crippen LogP contribution < -0.4 is 10.6 Å². The predicted molar refractivity (Wildman–Crippen MR) is 82.4 cm³/mol. The van der Waals surface area contributed by atoms with Crippen LogP contribution in [0.1, 0.15) is 50.4 Å². The van der Waals surface area contributed by atoms with Gasteiger partial charge in [-0.15, -0.1) is 11.3 Å². The second-order valence-electron chi connectivity index (χ2n) is 5.92. The number of carboxylic acid groups (broad SMARTS) is 1. The van der Waals surface area contributed by atoms with Gasteiger partial charge in [-0.1, -0.05) is 25.8 Å². The molecule has 3 N–H and O–H groups in total. The molecule has 116 valence electrons. The van der Waals surface area contributed by atoms with E-state index in [0.29, 0.717) is 18.8 Å². The van der Waals surface area contributed by atoms with E-state index in [1.54, 1.807) is 11.3 Å². The molecule has 1 saturated carbocycles. The van der Waals surface area contributed by atoms with E-state index in [0.717, 1.165) is 17.7 Å². The molecule has 21 heavy (non-hydrogen) atoms.